The standard InChI is InChI=1S/C12H11BrFNO2S/c1-2-6-18-7-5-15-9-4-3-8(12(16)17)10(13)11(9)14/h1,3-4,15H,5-7H2,(H,16,17). The van der Waals surface area contributed by atoms with Gasteiger partial charge in [-0.25, -0.2) is 9.18 Å². The summed E-state index contributed by atoms with van der Waals surface area (Å²) in [5.74, 6) is 2.09. The number of aromatic carboxylic acids is 1. The molecule has 2 N–H and O–H groups in total. The molecule has 0 atom stereocenters. The van der Waals surface area contributed by atoms with Gasteiger partial charge >= 0.3 is 5.97 Å². The summed E-state index contributed by atoms with van der Waals surface area (Å²) in [7, 11) is 0. The molecule has 0 radical (unpaired) electrons. The quantitative estimate of drug-likeness (QED) is 0.621. The predicted molar refractivity (Wildman–Crippen MR) is 75.7 cm³/mol. The first-order valence-corrected chi connectivity index (χ1v) is 6.99. The highest BCUT2D eigenvalue weighted by Gasteiger charge is 2.15. The van der Waals surface area contributed by atoms with Crippen LogP contribution in [0.4, 0.5) is 10.1 Å². The Hall–Kier alpha value is -1.19. The minimum Gasteiger partial charge on any atom is -0.478 e. The maximum Gasteiger partial charge on any atom is 0.336 e. The summed E-state index contributed by atoms with van der Waals surface area (Å²) in [6, 6.07) is 2.77. The largest absolute Gasteiger partial charge is 0.478 e. The van der Waals surface area contributed by atoms with Gasteiger partial charge in [0.15, 0.2) is 5.82 Å². The number of anilines is 1. The Balaban J connectivity index is 2.66. The smallest absolute Gasteiger partial charge is 0.336 e. The summed E-state index contributed by atoms with van der Waals surface area (Å²) in [6.07, 6.45) is 5.10. The molecule has 1 aromatic rings. The van der Waals surface area contributed by atoms with Gasteiger partial charge in [0, 0.05) is 12.3 Å². The first kappa shape index (κ1) is 14.9. The van der Waals surface area contributed by atoms with Crippen molar-refractivity contribution in [3.05, 3.63) is 28.0 Å². The highest BCUT2D eigenvalue weighted by Crippen LogP contribution is 2.27. The van der Waals surface area contributed by atoms with Crippen molar-refractivity contribution >= 4 is 39.3 Å². The molecule has 0 aliphatic heterocycles. The highest BCUT2D eigenvalue weighted by atomic mass is 79.9. The van der Waals surface area contributed by atoms with Crippen LogP contribution in [0.25, 0.3) is 0 Å². The van der Waals surface area contributed by atoms with Gasteiger partial charge < -0.3 is 10.4 Å². The summed E-state index contributed by atoms with van der Waals surface area (Å²) in [5.41, 5.74) is 0.174. The third kappa shape index (κ3) is 3.93. The third-order valence-electron chi connectivity index (χ3n) is 2.06. The number of benzene rings is 1. The van der Waals surface area contributed by atoms with Gasteiger partial charge in [0.25, 0.3) is 0 Å². The lowest BCUT2D eigenvalue weighted by Gasteiger charge is -2.09. The van der Waals surface area contributed by atoms with E-state index < -0.39 is 11.8 Å². The van der Waals surface area contributed by atoms with Gasteiger partial charge in [-0.05, 0) is 28.1 Å². The third-order valence-corrected chi connectivity index (χ3v) is 3.70. The van der Waals surface area contributed by atoms with Crippen LogP contribution in [0.15, 0.2) is 16.6 Å². The van der Waals surface area contributed by atoms with E-state index in [4.69, 9.17) is 11.5 Å². The van der Waals surface area contributed by atoms with E-state index in [0.717, 1.165) is 5.75 Å². The Labute approximate surface area is 117 Å². The zero-order valence-corrected chi connectivity index (χ0v) is 11.8. The normalized spacial score (nSPS) is 9.83. The van der Waals surface area contributed by atoms with E-state index in [1.165, 1.54) is 12.1 Å². The Morgan fingerprint density at radius 2 is 2.33 bits per heavy atom. The Morgan fingerprint density at radius 1 is 1.61 bits per heavy atom. The van der Waals surface area contributed by atoms with Crippen molar-refractivity contribution < 1.29 is 14.3 Å². The predicted octanol–water partition coefficient (Wildman–Crippen LogP) is 3.06. The highest BCUT2D eigenvalue weighted by molar-refractivity contribution is 9.10. The number of hydrogen-bond donors (Lipinski definition) is 2. The van der Waals surface area contributed by atoms with Crippen molar-refractivity contribution in [2.75, 3.05) is 23.4 Å². The van der Waals surface area contributed by atoms with Crippen molar-refractivity contribution in [2.24, 2.45) is 0 Å². The van der Waals surface area contributed by atoms with Crippen molar-refractivity contribution in [3.63, 3.8) is 0 Å². The van der Waals surface area contributed by atoms with Gasteiger partial charge in [0.1, 0.15) is 0 Å². The number of thioether (sulfide) groups is 1. The maximum atomic E-state index is 13.8. The van der Waals surface area contributed by atoms with Crippen LogP contribution in [-0.2, 0) is 0 Å². The average molecular weight is 332 g/mol. The van der Waals surface area contributed by atoms with Crippen molar-refractivity contribution in [3.8, 4) is 12.3 Å². The van der Waals surface area contributed by atoms with Crippen LogP contribution in [0, 0.1) is 18.2 Å². The van der Waals surface area contributed by atoms with E-state index in [9.17, 15) is 9.18 Å². The summed E-state index contributed by atoms with van der Waals surface area (Å²) in [4.78, 5) is 10.8. The number of carbonyl (C=O) groups is 1. The molecule has 0 spiro atoms. The van der Waals surface area contributed by atoms with Gasteiger partial charge in [-0.3, -0.25) is 0 Å². The van der Waals surface area contributed by atoms with Gasteiger partial charge in [-0.2, -0.15) is 0 Å². The van der Waals surface area contributed by atoms with E-state index in [0.29, 0.717) is 12.3 Å². The van der Waals surface area contributed by atoms with Gasteiger partial charge in [0.05, 0.1) is 21.5 Å². The van der Waals surface area contributed by atoms with Crippen LogP contribution < -0.4 is 5.32 Å². The molecule has 1 rings (SSSR count). The maximum absolute atomic E-state index is 13.8. The first-order chi connectivity index (χ1) is 8.57. The number of rotatable bonds is 6. The average Bonchev–Trinajstić information content (AvgIpc) is 2.33. The lowest BCUT2D eigenvalue weighted by Crippen LogP contribution is -2.08. The van der Waals surface area contributed by atoms with Crippen LogP contribution in [0.1, 0.15) is 10.4 Å². The fraction of sp³-hybridized carbons (Fsp3) is 0.250. The Kier molecular flexibility index (Phi) is 6.02. The van der Waals surface area contributed by atoms with Crippen LogP contribution in [-0.4, -0.2) is 29.1 Å². The Bertz CT molecular complexity index is 488. The molecule has 0 bridgehead atoms. The molecule has 0 fully saturated rings. The number of halogens is 2. The van der Waals surface area contributed by atoms with Crippen LogP contribution in [0.5, 0.6) is 0 Å². The summed E-state index contributed by atoms with van der Waals surface area (Å²) < 4.78 is 13.7. The lowest BCUT2D eigenvalue weighted by atomic mass is 10.2. The van der Waals surface area contributed by atoms with Gasteiger partial charge in [0.2, 0.25) is 0 Å². The minimum atomic E-state index is -1.17. The molecule has 18 heavy (non-hydrogen) atoms. The van der Waals surface area contributed by atoms with E-state index in [2.05, 4.69) is 27.2 Å². The zero-order valence-electron chi connectivity index (χ0n) is 9.37. The fourth-order valence-corrected chi connectivity index (χ4v) is 2.26. The Morgan fingerprint density at radius 3 is 2.94 bits per heavy atom. The molecule has 0 aromatic heterocycles. The topological polar surface area (TPSA) is 49.3 Å². The summed E-state index contributed by atoms with van der Waals surface area (Å²) in [5, 5.41) is 11.7. The fourth-order valence-electron chi connectivity index (χ4n) is 1.24. The van der Waals surface area contributed by atoms with E-state index in [1.807, 2.05) is 0 Å². The molecule has 0 aliphatic carbocycles. The molecule has 0 saturated carbocycles. The van der Waals surface area contributed by atoms with Crippen LogP contribution in [0.2, 0.25) is 0 Å². The lowest BCUT2D eigenvalue weighted by molar-refractivity contribution is 0.0695. The van der Waals surface area contributed by atoms with E-state index >= 15 is 0 Å². The zero-order chi connectivity index (χ0) is 13.5. The molecule has 3 nitrogen and oxygen atoms in total. The number of nitrogens with one attached hydrogen (secondary N) is 1. The number of carboxylic acids is 1. The minimum absolute atomic E-state index is 0.0451. The molecule has 0 unspecified atom stereocenters. The second-order valence-electron chi connectivity index (χ2n) is 3.28. The molecule has 6 heteroatoms. The molecule has 1 aromatic carbocycles. The molecule has 0 aliphatic rings. The summed E-state index contributed by atoms with van der Waals surface area (Å²) in [6.45, 7) is 0.558. The number of carboxylic acid groups (broad SMARTS) is 1. The first-order valence-electron chi connectivity index (χ1n) is 5.04. The van der Waals surface area contributed by atoms with Crippen molar-refractivity contribution in [1.82, 2.24) is 0 Å². The van der Waals surface area contributed by atoms with Crippen LogP contribution in [0.3, 0.4) is 0 Å². The SMILES string of the molecule is C#CCSCCNc1ccc(C(=O)O)c(Br)c1F. The van der Waals surface area contributed by atoms with Gasteiger partial charge in [-0.1, -0.05) is 5.92 Å². The van der Waals surface area contributed by atoms with E-state index in [-0.39, 0.29) is 15.7 Å². The second kappa shape index (κ2) is 7.29. The summed E-state index contributed by atoms with van der Waals surface area (Å²) >= 11 is 4.50. The molecular formula is C12H11BrFNO2S. The van der Waals surface area contributed by atoms with Crippen molar-refractivity contribution in [2.45, 2.75) is 0 Å². The number of terminal acetylenes is 1. The molecule has 0 heterocycles. The van der Waals surface area contributed by atoms with Gasteiger partial charge in [-0.15, -0.1) is 18.2 Å². The van der Waals surface area contributed by atoms with Crippen molar-refractivity contribution in [1.29, 1.82) is 0 Å². The van der Waals surface area contributed by atoms with E-state index in [1.54, 1.807) is 11.8 Å². The number of hydrogen-bond acceptors (Lipinski definition) is 3. The molecular weight excluding hydrogens is 321 g/mol. The second-order valence-corrected chi connectivity index (χ2v) is 5.18. The molecule has 0 amide bonds. The molecule has 0 saturated heterocycles. The van der Waals surface area contributed by atoms with Crippen LogP contribution >= 0.6 is 27.7 Å². The molecule has 96 valence electrons. The monoisotopic (exact) mass is 331 g/mol.